The van der Waals surface area contributed by atoms with Crippen LogP contribution in [0.15, 0.2) is 115 Å². The first-order valence-electron chi connectivity index (χ1n) is 13.5. The minimum Gasteiger partial charge on any atom is -0.309 e. The monoisotopic (exact) mass is 483 g/mol. The van der Waals surface area contributed by atoms with Gasteiger partial charge in [0.25, 0.3) is 0 Å². The highest BCUT2D eigenvalue weighted by Crippen LogP contribution is 2.53. The maximum Gasteiger partial charge on any atom is 0.0588 e. The van der Waals surface area contributed by atoms with Crippen LogP contribution < -0.4 is 0 Å². The number of para-hydroxylation sites is 1. The molecule has 2 aliphatic rings. The lowest BCUT2D eigenvalue weighted by molar-refractivity contribution is 0.664. The summed E-state index contributed by atoms with van der Waals surface area (Å²) in [5, 5.41) is 5.32. The van der Waals surface area contributed by atoms with Gasteiger partial charge in [-0.2, -0.15) is 0 Å². The molecule has 0 unspecified atom stereocenters. The molecule has 38 heavy (non-hydrogen) atoms. The van der Waals surface area contributed by atoms with Crippen molar-refractivity contribution in [3.63, 3.8) is 0 Å². The second-order valence-corrected chi connectivity index (χ2v) is 11.3. The molecule has 0 atom stereocenters. The molecule has 0 fully saturated rings. The summed E-state index contributed by atoms with van der Waals surface area (Å²) in [4.78, 5) is 0. The third-order valence-electron chi connectivity index (χ3n) is 9.10. The van der Waals surface area contributed by atoms with E-state index in [4.69, 9.17) is 0 Å². The zero-order valence-corrected chi connectivity index (χ0v) is 21.4. The van der Waals surface area contributed by atoms with Gasteiger partial charge in [0.05, 0.1) is 11.0 Å². The van der Waals surface area contributed by atoms with Crippen molar-refractivity contribution < 1.29 is 0 Å². The number of rotatable bonds is 1. The molecule has 178 valence electrons. The molecule has 2 aliphatic carbocycles. The van der Waals surface area contributed by atoms with E-state index in [1.54, 1.807) is 0 Å². The van der Waals surface area contributed by atoms with Crippen LogP contribution in [0.25, 0.3) is 71.6 Å². The summed E-state index contributed by atoms with van der Waals surface area (Å²) in [6.45, 7) is 4.78. The molecule has 7 aromatic rings. The fraction of sp³-hybridized carbons (Fsp3) is 0.0811. The van der Waals surface area contributed by atoms with Gasteiger partial charge in [0.2, 0.25) is 0 Å². The number of fused-ring (bicyclic) bond motifs is 10. The van der Waals surface area contributed by atoms with Gasteiger partial charge in [0.1, 0.15) is 0 Å². The molecule has 6 aromatic carbocycles. The Hall–Kier alpha value is -4.62. The van der Waals surface area contributed by atoms with Gasteiger partial charge in [-0.05, 0) is 73.5 Å². The first-order chi connectivity index (χ1) is 18.6. The average molecular weight is 484 g/mol. The van der Waals surface area contributed by atoms with Crippen LogP contribution in [0.2, 0.25) is 0 Å². The quantitative estimate of drug-likeness (QED) is 0.219. The smallest absolute Gasteiger partial charge is 0.0588 e. The minimum atomic E-state index is -0.0872. The van der Waals surface area contributed by atoms with Crippen molar-refractivity contribution in [2.45, 2.75) is 19.3 Å². The highest BCUT2D eigenvalue weighted by atomic mass is 15.0. The Morgan fingerprint density at radius 3 is 2.11 bits per heavy atom. The Balaban J connectivity index is 1.41. The minimum absolute atomic E-state index is 0.0872. The van der Waals surface area contributed by atoms with E-state index in [1.807, 2.05) is 0 Å². The molecule has 0 bridgehead atoms. The molecule has 0 saturated carbocycles. The Morgan fingerprint density at radius 2 is 1.24 bits per heavy atom. The van der Waals surface area contributed by atoms with Crippen LogP contribution in [0.1, 0.15) is 25.0 Å². The number of benzene rings is 6. The normalized spacial score (nSPS) is 14.3. The molecule has 1 nitrogen and oxygen atoms in total. The summed E-state index contributed by atoms with van der Waals surface area (Å²) in [7, 11) is 0. The Bertz CT molecular complexity index is 2150. The number of aromatic nitrogens is 1. The molecule has 1 heterocycles. The van der Waals surface area contributed by atoms with Gasteiger partial charge in [0.15, 0.2) is 0 Å². The molecule has 9 rings (SSSR count). The van der Waals surface area contributed by atoms with E-state index in [9.17, 15) is 0 Å². The lowest BCUT2D eigenvalue weighted by Crippen LogP contribution is -2.16. The molecular formula is C37H25N. The second kappa shape index (κ2) is 6.82. The molecular weight excluding hydrogens is 458 g/mol. The average Bonchev–Trinajstić information content (AvgIpc) is 3.54. The van der Waals surface area contributed by atoms with Gasteiger partial charge in [-0.1, -0.05) is 111 Å². The van der Waals surface area contributed by atoms with Gasteiger partial charge in [-0.25, -0.2) is 0 Å². The second-order valence-electron chi connectivity index (χ2n) is 11.3. The molecule has 0 saturated heterocycles. The van der Waals surface area contributed by atoms with Gasteiger partial charge in [-0.15, -0.1) is 0 Å². The fourth-order valence-electron chi connectivity index (χ4n) is 7.50. The van der Waals surface area contributed by atoms with E-state index < -0.39 is 0 Å². The molecule has 0 aliphatic heterocycles. The molecule has 0 radical (unpaired) electrons. The number of hydrogen-bond acceptors (Lipinski definition) is 0. The maximum absolute atomic E-state index is 2.53. The standard InChI is InChI=1S/C37H25N/c1-37(2)32-15-5-3-11-25(32)29-19-20-30-26-12-4-6-16-33(26)38(36(30)35(29)37)23-17-18-24-27-13-7-9-22-10-8-14-28(34(22)27)31(24)21-23/h3-21H,1-2H3. The van der Waals surface area contributed by atoms with Gasteiger partial charge in [-0.3, -0.25) is 0 Å². The zero-order valence-electron chi connectivity index (χ0n) is 21.4. The summed E-state index contributed by atoms with van der Waals surface area (Å²) in [6.07, 6.45) is 0. The molecule has 1 aromatic heterocycles. The predicted molar refractivity (Wildman–Crippen MR) is 160 cm³/mol. The highest BCUT2D eigenvalue weighted by Gasteiger charge is 2.38. The summed E-state index contributed by atoms with van der Waals surface area (Å²) in [6, 6.07) is 43.0. The van der Waals surface area contributed by atoms with Crippen LogP contribution >= 0.6 is 0 Å². The zero-order chi connectivity index (χ0) is 25.2. The predicted octanol–water partition coefficient (Wildman–Crippen LogP) is 9.89. The first kappa shape index (κ1) is 20.4. The van der Waals surface area contributed by atoms with Crippen LogP contribution in [0.5, 0.6) is 0 Å². The Kier molecular flexibility index (Phi) is 3.67. The summed E-state index contributed by atoms with van der Waals surface area (Å²) >= 11 is 0. The lowest BCUT2D eigenvalue weighted by Gasteiger charge is -2.23. The molecule has 0 amide bonds. The van der Waals surface area contributed by atoms with Gasteiger partial charge >= 0.3 is 0 Å². The topological polar surface area (TPSA) is 4.93 Å². The van der Waals surface area contributed by atoms with E-state index in [0.29, 0.717) is 0 Å². The van der Waals surface area contributed by atoms with Crippen molar-refractivity contribution >= 4 is 32.6 Å². The van der Waals surface area contributed by atoms with E-state index in [-0.39, 0.29) is 5.41 Å². The van der Waals surface area contributed by atoms with Crippen molar-refractivity contribution in [2.24, 2.45) is 0 Å². The SMILES string of the molecule is CC1(C)c2ccccc2-c2ccc3c4ccccc4n(-c4ccc5c(c4)-c4cccc6cccc-5c46)c3c21. The number of hydrogen-bond donors (Lipinski definition) is 0. The van der Waals surface area contributed by atoms with E-state index >= 15 is 0 Å². The van der Waals surface area contributed by atoms with Crippen molar-refractivity contribution in [2.75, 3.05) is 0 Å². The molecule has 0 N–H and O–H groups in total. The van der Waals surface area contributed by atoms with Crippen LogP contribution in [0.3, 0.4) is 0 Å². The first-order valence-corrected chi connectivity index (χ1v) is 13.5. The van der Waals surface area contributed by atoms with Crippen LogP contribution in [-0.2, 0) is 5.41 Å². The van der Waals surface area contributed by atoms with Crippen LogP contribution in [0, 0.1) is 0 Å². The molecule has 0 spiro atoms. The van der Waals surface area contributed by atoms with Gasteiger partial charge < -0.3 is 4.57 Å². The Morgan fingerprint density at radius 1 is 0.526 bits per heavy atom. The van der Waals surface area contributed by atoms with E-state index in [0.717, 1.165) is 0 Å². The van der Waals surface area contributed by atoms with Crippen LogP contribution in [0.4, 0.5) is 0 Å². The van der Waals surface area contributed by atoms with Crippen molar-refractivity contribution in [1.29, 1.82) is 0 Å². The summed E-state index contributed by atoms with van der Waals surface area (Å²) in [5.74, 6) is 0. The number of nitrogens with zero attached hydrogens (tertiary/aromatic N) is 1. The van der Waals surface area contributed by atoms with Crippen molar-refractivity contribution in [1.82, 2.24) is 4.57 Å². The van der Waals surface area contributed by atoms with E-state index in [2.05, 4.69) is 134 Å². The summed E-state index contributed by atoms with van der Waals surface area (Å²) in [5.41, 5.74) is 14.6. The largest absolute Gasteiger partial charge is 0.309 e. The van der Waals surface area contributed by atoms with Gasteiger partial charge in [0, 0.05) is 21.9 Å². The van der Waals surface area contributed by atoms with Crippen molar-refractivity contribution in [3.8, 4) is 39.1 Å². The lowest BCUT2D eigenvalue weighted by atomic mass is 9.81. The fourth-order valence-corrected chi connectivity index (χ4v) is 7.50. The third-order valence-corrected chi connectivity index (χ3v) is 9.10. The maximum atomic E-state index is 2.53. The van der Waals surface area contributed by atoms with Crippen LogP contribution in [-0.4, -0.2) is 4.57 Å². The van der Waals surface area contributed by atoms with Crippen molar-refractivity contribution in [3.05, 3.63) is 126 Å². The van der Waals surface area contributed by atoms with E-state index in [1.165, 1.54) is 82.8 Å². The Labute approximate surface area is 221 Å². The third kappa shape index (κ3) is 2.33. The molecule has 1 heteroatoms. The summed E-state index contributed by atoms with van der Waals surface area (Å²) < 4.78 is 2.53. The highest BCUT2D eigenvalue weighted by molar-refractivity contribution is 6.16.